The monoisotopic (exact) mass is 195 g/mol. The van der Waals surface area contributed by atoms with Crippen LogP contribution in [0.2, 0.25) is 0 Å². The lowest BCUT2D eigenvalue weighted by Gasteiger charge is -2.52. The van der Waals surface area contributed by atoms with Crippen molar-refractivity contribution < 1.29 is 0 Å². The second-order valence-electron chi connectivity index (χ2n) is 6.11. The van der Waals surface area contributed by atoms with Gasteiger partial charge < -0.3 is 5.32 Å². The molecule has 0 radical (unpaired) electrons. The fourth-order valence-corrected chi connectivity index (χ4v) is 3.36. The smallest absolute Gasteiger partial charge is 0.00800 e. The minimum absolute atomic E-state index is 0.667. The summed E-state index contributed by atoms with van der Waals surface area (Å²) < 4.78 is 0. The maximum absolute atomic E-state index is 3.66. The van der Waals surface area contributed by atoms with Crippen LogP contribution in [0, 0.1) is 11.3 Å². The summed E-state index contributed by atoms with van der Waals surface area (Å²) in [4.78, 5) is 0. The van der Waals surface area contributed by atoms with Gasteiger partial charge in [0, 0.05) is 12.1 Å². The van der Waals surface area contributed by atoms with Crippen LogP contribution >= 0.6 is 0 Å². The highest BCUT2D eigenvalue weighted by molar-refractivity contribution is 4.99. The summed E-state index contributed by atoms with van der Waals surface area (Å²) in [7, 11) is 0. The van der Waals surface area contributed by atoms with Gasteiger partial charge in [-0.3, -0.25) is 0 Å². The third kappa shape index (κ3) is 2.13. The lowest BCUT2D eigenvalue weighted by atomic mass is 9.57. The molecule has 0 aliphatic heterocycles. The van der Waals surface area contributed by atoms with Crippen molar-refractivity contribution in [2.45, 2.75) is 71.4 Å². The molecule has 0 saturated heterocycles. The highest BCUT2D eigenvalue weighted by atomic mass is 15.0. The van der Waals surface area contributed by atoms with E-state index in [9.17, 15) is 0 Å². The molecule has 1 heteroatoms. The molecule has 1 spiro atoms. The van der Waals surface area contributed by atoms with E-state index in [2.05, 4.69) is 26.1 Å². The van der Waals surface area contributed by atoms with Gasteiger partial charge in [0.25, 0.3) is 0 Å². The summed E-state index contributed by atoms with van der Waals surface area (Å²) in [5.41, 5.74) is 0.777. The summed E-state index contributed by atoms with van der Waals surface area (Å²) >= 11 is 0. The molecule has 2 saturated carbocycles. The summed E-state index contributed by atoms with van der Waals surface area (Å²) in [5, 5.41) is 3.66. The number of nitrogens with one attached hydrogen (secondary N) is 1. The van der Waals surface area contributed by atoms with Crippen molar-refractivity contribution in [2.24, 2.45) is 11.3 Å². The maximum Gasteiger partial charge on any atom is 0.00800 e. The Kier molecular flexibility index (Phi) is 2.88. The zero-order valence-corrected chi connectivity index (χ0v) is 9.97. The van der Waals surface area contributed by atoms with Gasteiger partial charge in [-0.05, 0) is 37.0 Å². The second kappa shape index (κ2) is 3.84. The van der Waals surface area contributed by atoms with E-state index in [1.807, 2.05) is 0 Å². The van der Waals surface area contributed by atoms with Crippen molar-refractivity contribution >= 4 is 0 Å². The van der Waals surface area contributed by atoms with Gasteiger partial charge in [0.1, 0.15) is 0 Å². The van der Waals surface area contributed by atoms with Crippen molar-refractivity contribution in [3.63, 3.8) is 0 Å². The van der Waals surface area contributed by atoms with Crippen molar-refractivity contribution in [1.82, 2.24) is 5.32 Å². The fourth-order valence-electron chi connectivity index (χ4n) is 3.36. The Morgan fingerprint density at radius 1 is 1.14 bits per heavy atom. The summed E-state index contributed by atoms with van der Waals surface area (Å²) in [6.45, 7) is 6.93. The zero-order valence-electron chi connectivity index (χ0n) is 9.97. The maximum atomic E-state index is 3.66. The number of rotatable bonds is 2. The largest absolute Gasteiger partial charge is 0.312 e. The topological polar surface area (TPSA) is 12.0 Å². The first kappa shape index (κ1) is 10.5. The molecule has 82 valence electrons. The highest BCUT2D eigenvalue weighted by Gasteiger charge is 2.45. The molecule has 2 rings (SSSR count). The summed E-state index contributed by atoms with van der Waals surface area (Å²) in [5.74, 6) is 0.998. The Labute approximate surface area is 88.7 Å². The van der Waals surface area contributed by atoms with Crippen molar-refractivity contribution in [2.75, 3.05) is 0 Å². The van der Waals surface area contributed by atoms with Gasteiger partial charge in [-0.2, -0.15) is 0 Å². The lowest BCUT2D eigenvalue weighted by Crippen LogP contribution is -2.52. The van der Waals surface area contributed by atoms with Gasteiger partial charge in [-0.15, -0.1) is 0 Å². The highest BCUT2D eigenvalue weighted by Crippen LogP contribution is 2.52. The van der Waals surface area contributed by atoms with E-state index < -0.39 is 0 Å². The van der Waals surface area contributed by atoms with Crippen molar-refractivity contribution in [3.05, 3.63) is 0 Å². The normalized spacial score (nSPS) is 42.9. The molecule has 0 aromatic heterocycles. The zero-order chi connectivity index (χ0) is 10.2. The molecule has 0 aromatic carbocycles. The minimum Gasteiger partial charge on any atom is -0.312 e. The molecule has 0 heterocycles. The average molecular weight is 195 g/mol. The van der Waals surface area contributed by atoms with Crippen LogP contribution in [-0.2, 0) is 0 Å². The molecule has 0 amide bonds. The molecule has 1 nitrogen and oxygen atoms in total. The van der Waals surface area contributed by atoms with Crippen LogP contribution < -0.4 is 5.32 Å². The Balaban J connectivity index is 1.75. The van der Waals surface area contributed by atoms with E-state index in [0.717, 1.165) is 17.4 Å². The molecule has 1 N–H and O–H groups in total. The second-order valence-corrected chi connectivity index (χ2v) is 6.11. The third-order valence-electron chi connectivity index (χ3n) is 4.26. The molecule has 2 fully saturated rings. The Morgan fingerprint density at radius 3 is 2.21 bits per heavy atom. The van der Waals surface area contributed by atoms with Crippen LogP contribution in [-0.4, -0.2) is 12.1 Å². The average Bonchev–Trinajstić information content (AvgIpc) is 2.05. The lowest BCUT2D eigenvalue weighted by molar-refractivity contribution is 0.0218. The predicted octanol–water partition coefficient (Wildman–Crippen LogP) is 3.34. The van der Waals surface area contributed by atoms with Gasteiger partial charge in [-0.25, -0.2) is 0 Å². The van der Waals surface area contributed by atoms with E-state index in [1.54, 1.807) is 0 Å². The van der Waals surface area contributed by atoms with Gasteiger partial charge in [0.15, 0.2) is 0 Å². The Bertz CT molecular complexity index is 181. The van der Waals surface area contributed by atoms with Crippen LogP contribution in [0.15, 0.2) is 0 Å². The van der Waals surface area contributed by atoms with Crippen LogP contribution in [0.25, 0.3) is 0 Å². The predicted molar refractivity (Wildman–Crippen MR) is 61.4 cm³/mol. The summed E-state index contributed by atoms with van der Waals surface area (Å²) in [6.07, 6.45) is 8.88. The van der Waals surface area contributed by atoms with E-state index >= 15 is 0 Å². The summed E-state index contributed by atoms with van der Waals surface area (Å²) in [6, 6.07) is 1.50. The van der Waals surface area contributed by atoms with Crippen molar-refractivity contribution in [3.8, 4) is 0 Å². The van der Waals surface area contributed by atoms with Crippen molar-refractivity contribution in [1.29, 1.82) is 0 Å². The van der Waals surface area contributed by atoms with E-state index in [4.69, 9.17) is 0 Å². The van der Waals surface area contributed by atoms with Gasteiger partial charge in [-0.1, -0.05) is 33.6 Å². The van der Waals surface area contributed by atoms with E-state index in [-0.39, 0.29) is 0 Å². The number of hydrogen-bond donors (Lipinski definition) is 1. The van der Waals surface area contributed by atoms with Crippen LogP contribution in [0.5, 0.6) is 0 Å². The first-order valence-corrected chi connectivity index (χ1v) is 6.36. The van der Waals surface area contributed by atoms with Crippen LogP contribution in [0.4, 0.5) is 0 Å². The SMILES string of the molecule is CC1CCC2(CC1)CC(NC(C)C)C2. The molecule has 14 heavy (non-hydrogen) atoms. The Hall–Kier alpha value is -0.0400. The molecular weight excluding hydrogens is 170 g/mol. The number of hydrogen-bond acceptors (Lipinski definition) is 1. The Morgan fingerprint density at radius 2 is 1.71 bits per heavy atom. The first-order chi connectivity index (χ1) is 6.60. The third-order valence-corrected chi connectivity index (χ3v) is 4.26. The van der Waals surface area contributed by atoms with Gasteiger partial charge >= 0.3 is 0 Å². The first-order valence-electron chi connectivity index (χ1n) is 6.36. The van der Waals surface area contributed by atoms with E-state index in [0.29, 0.717) is 6.04 Å². The van der Waals surface area contributed by atoms with Gasteiger partial charge in [0.05, 0.1) is 0 Å². The van der Waals surface area contributed by atoms with Gasteiger partial charge in [0.2, 0.25) is 0 Å². The van der Waals surface area contributed by atoms with Crippen LogP contribution in [0.1, 0.15) is 59.3 Å². The quantitative estimate of drug-likeness (QED) is 0.712. The molecular formula is C13H25N. The molecule has 0 unspecified atom stereocenters. The van der Waals surface area contributed by atoms with Crippen LogP contribution in [0.3, 0.4) is 0 Å². The molecule has 2 aliphatic carbocycles. The standard InChI is InChI=1S/C13H25N/c1-10(2)14-12-8-13(9-12)6-4-11(3)5-7-13/h10-12,14H,4-9H2,1-3H3. The molecule has 0 bridgehead atoms. The molecule has 0 aromatic rings. The molecule has 0 atom stereocenters. The van der Waals surface area contributed by atoms with E-state index in [1.165, 1.54) is 38.5 Å². The minimum atomic E-state index is 0.667. The molecule has 2 aliphatic rings. The fraction of sp³-hybridized carbons (Fsp3) is 1.00.